The molecule has 1 aliphatic carbocycles. The minimum atomic E-state index is 0.306. The minimum absolute atomic E-state index is 0.306. The summed E-state index contributed by atoms with van der Waals surface area (Å²) in [6, 6.07) is 3.78. The van der Waals surface area contributed by atoms with Crippen LogP contribution in [0.4, 0.5) is 5.82 Å². The molecule has 1 aromatic heterocycles. The second kappa shape index (κ2) is 1.94. The molecule has 0 atom stereocenters. The van der Waals surface area contributed by atoms with Crippen molar-refractivity contribution in [1.82, 2.24) is 10.2 Å². The van der Waals surface area contributed by atoms with E-state index in [9.17, 15) is 0 Å². The first-order chi connectivity index (χ1) is 5.21. The van der Waals surface area contributed by atoms with Crippen LogP contribution in [-0.2, 0) is 5.41 Å². The van der Waals surface area contributed by atoms with Crippen molar-refractivity contribution in [2.24, 2.45) is 0 Å². The molecule has 3 nitrogen and oxygen atoms in total. The van der Waals surface area contributed by atoms with Gasteiger partial charge in [0.25, 0.3) is 0 Å². The molecular weight excluding hydrogens is 138 g/mol. The van der Waals surface area contributed by atoms with Gasteiger partial charge in [0.05, 0.1) is 5.69 Å². The fourth-order valence-corrected chi connectivity index (χ4v) is 1.11. The highest BCUT2D eigenvalue weighted by molar-refractivity contribution is 5.30. The maximum atomic E-state index is 5.42. The topological polar surface area (TPSA) is 51.8 Å². The molecule has 0 saturated heterocycles. The molecule has 2 N–H and O–H groups in total. The van der Waals surface area contributed by atoms with E-state index in [2.05, 4.69) is 17.1 Å². The first-order valence-electron chi connectivity index (χ1n) is 3.80. The highest BCUT2D eigenvalue weighted by atomic mass is 15.1. The van der Waals surface area contributed by atoms with Crippen molar-refractivity contribution in [3.8, 4) is 0 Å². The Labute approximate surface area is 65.6 Å². The van der Waals surface area contributed by atoms with Crippen molar-refractivity contribution in [1.29, 1.82) is 0 Å². The van der Waals surface area contributed by atoms with Gasteiger partial charge in [-0.25, -0.2) is 0 Å². The molecule has 0 radical (unpaired) electrons. The molecule has 1 aliphatic rings. The second-order valence-corrected chi connectivity index (χ2v) is 3.40. The highest BCUT2D eigenvalue weighted by Gasteiger charge is 2.40. The van der Waals surface area contributed by atoms with Crippen molar-refractivity contribution in [2.75, 3.05) is 5.73 Å². The molecule has 58 valence electrons. The second-order valence-electron chi connectivity index (χ2n) is 3.40. The van der Waals surface area contributed by atoms with E-state index >= 15 is 0 Å². The van der Waals surface area contributed by atoms with Gasteiger partial charge in [0.2, 0.25) is 0 Å². The Bertz CT molecular complexity index is 261. The van der Waals surface area contributed by atoms with E-state index in [1.54, 1.807) is 0 Å². The fourth-order valence-electron chi connectivity index (χ4n) is 1.11. The summed E-state index contributed by atoms with van der Waals surface area (Å²) in [6.07, 6.45) is 2.46. The van der Waals surface area contributed by atoms with Gasteiger partial charge >= 0.3 is 0 Å². The van der Waals surface area contributed by atoms with Gasteiger partial charge < -0.3 is 5.73 Å². The average Bonchev–Trinajstić information content (AvgIpc) is 2.70. The Kier molecular flexibility index (Phi) is 1.16. The van der Waals surface area contributed by atoms with E-state index in [0.717, 1.165) is 5.69 Å². The number of nitrogens with two attached hydrogens (primary N) is 1. The van der Waals surface area contributed by atoms with Gasteiger partial charge in [-0.1, -0.05) is 6.92 Å². The molecule has 3 heteroatoms. The fraction of sp³-hybridized carbons (Fsp3) is 0.500. The lowest BCUT2D eigenvalue weighted by atomic mass is 10.1. The summed E-state index contributed by atoms with van der Waals surface area (Å²) in [6.45, 7) is 2.20. The number of aromatic nitrogens is 2. The van der Waals surface area contributed by atoms with Crippen LogP contribution >= 0.6 is 0 Å². The van der Waals surface area contributed by atoms with E-state index in [0.29, 0.717) is 11.2 Å². The molecule has 11 heavy (non-hydrogen) atoms. The van der Waals surface area contributed by atoms with Gasteiger partial charge in [0.1, 0.15) is 5.82 Å². The van der Waals surface area contributed by atoms with Crippen LogP contribution in [0.25, 0.3) is 0 Å². The van der Waals surface area contributed by atoms with Crippen LogP contribution in [-0.4, -0.2) is 10.2 Å². The summed E-state index contributed by atoms with van der Waals surface area (Å²) in [5, 5.41) is 7.85. The predicted octanol–water partition coefficient (Wildman–Crippen LogP) is 1.11. The summed E-state index contributed by atoms with van der Waals surface area (Å²) in [7, 11) is 0. The number of nitrogens with zero attached hydrogens (tertiary/aromatic N) is 2. The normalized spacial score (nSPS) is 19.7. The van der Waals surface area contributed by atoms with Crippen LogP contribution in [0.15, 0.2) is 12.1 Å². The Balaban J connectivity index is 2.33. The minimum Gasteiger partial charge on any atom is -0.382 e. The standard InChI is InChI=1S/C8H11N3/c1-8(4-5-8)6-2-3-7(9)11-10-6/h2-3H,4-5H2,1H3,(H2,9,11). The van der Waals surface area contributed by atoms with Crippen molar-refractivity contribution in [2.45, 2.75) is 25.2 Å². The first-order valence-corrected chi connectivity index (χ1v) is 3.80. The maximum absolute atomic E-state index is 5.42. The molecule has 1 aromatic rings. The van der Waals surface area contributed by atoms with Gasteiger partial charge in [0, 0.05) is 5.41 Å². The van der Waals surface area contributed by atoms with Crippen molar-refractivity contribution in [3.05, 3.63) is 17.8 Å². The van der Waals surface area contributed by atoms with Gasteiger partial charge in [-0.3, -0.25) is 0 Å². The van der Waals surface area contributed by atoms with E-state index < -0.39 is 0 Å². The molecule has 1 fully saturated rings. The Hall–Kier alpha value is -1.12. The van der Waals surface area contributed by atoms with E-state index in [-0.39, 0.29) is 0 Å². The molecule has 2 rings (SSSR count). The first kappa shape index (κ1) is 6.58. The summed E-state index contributed by atoms with van der Waals surface area (Å²) in [5.74, 6) is 0.498. The maximum Gasteiger partial charge on any atom is 0.146 e. The molecule has 0 bridgehead atoms. The summed E-state index contributed by atoms with van der Waals surface area (Å²) >= 11 is 0. The van der Waals surface area contributed by atoms with E-state index in [1.807, 2.05) is 12.1 Å². The van der Waals surface area contributed by atoms with Crippen molar-refractivity contribution >= 4 is 5.82 Å². The molecule has 0 unspecified atom stereocenters. The summed E-state index contributed by atoms with van der Waals surface area (Å²) in [5.41, 5.74) is 6.80. The van der Waals surface area contributed by atoms with Crippen LogP contribution in [0.3, 0.4) is 0 Å². The number of hydrogen-bond donors (Lipinski definition) is 1. The number of hydrogen-bond acceptors (Lipinski definition) is 3. The molecule has 0 aromatic carbocycles. The highest BCUT2D eigenvalue weighted by Crippen LogP contribution is 2.46. The van der Waals surface area contributed by atoms with Crippen LogP contribution in [0.2, 0.25) is 0 Å². The predicted molar refractivity (Wildman–Crippen MR) is 43.0 cm³/mol. The van der Waals surface area contributed by atoms with Crippen LogP contribution in [0.1, 0.15) is 25.5 Å². The molecule has 1 heterocycles. The Morgan fingerprint density at radius 3 is 2.55 bits per heavy atom. The quantitative estimate of drug-likeness (QED) is 0.650. The van der Waals surface area contributed by atoms with E-state index in [1.165, 1.54) is 12.8 Å². The van der Waals surface area contributed by atoms with Crippen LogP contribution < -0.4 is 5.73 Å². The number of nitrogen functional groups attached to an aromatic ring is 1. The third-order valence-corrected chi connectivity index (χ3v) is 2.30. The zero-order valence-corrected chi connectivity index (χ0v) is 6.54. The van der Waals surface area contributed by atoms with Crippen molar-refractivity contribution < 1.29 is 0 Å². The number of anilines is 1. The lowest BCUT2D eigenvalue weighted by molar-refractivity contribution is 0.725. The monoisotopic (exact) mass is 149 g/mol. The molecule has 1 saturated carbocycles. The average molecular weight is 149 g/mol. The van der Waals surface area contributed by atoms with Crippen LogP contribution in [0, 0.1) is 0 Å². The van der Waals surface area contributed by atoms with Gasteiger partial charge in [-0.05, 0) is 25.0 Å². The SMILES string of the molecule is CC1(c2ccc(N)nn2)CC1. The zero-order chi connectivity index (χ0) is 7.90. The molecule has 0 aliphatic heterocycles. The van der Waals surface area contributed by atoms with Crippen LogP contribution in [0.5, 0.6) is 0 Å². The lowest BCUT2D eigenvalue weighted by Crippen LogP contribution is -2.05. The smallest absolute Gasteiger partial charge is 0.146 e. The molecule has 0 amide bonds. The molecular formula is C8H11N3. The summed E-state index contributed by atoms with van der Waals surface area (Å²) < 4.78 is 0. The number of rotatable bonds is 1. The zero-order valence-electron chi connectivity index (χ0n) is 6.54. The van der Waals surface area contributed by atoms with Gasteiger partial charge in [0.15, 0.2) is 0 Å². The van der Waals surface area contributed by atoms with Crippen molar-refractivity contribution in [3.63, 3.8) is 0 Å². The largest absolute Gasteiger partial charge is 0.382 e. The molecule has 0 spiro atoms. The third kappa shape index (κ3) is 1.06. The summed E-state index contributed by atoms with van der Waals surface area (Å²) in [4.78, 5) is 0. The lowest BCUT2D eigenvalue weighted by Gasteiger charge is -2.04. The van der Waals surface area contributed by atoms with Gasteiger partial charge in [-0.2, -0.15) is 5.10 Å². The van der Waals surface area contributed by atoms with E-state index in [4.69, 9.17) is 5.73 Å². The third-order valence-electron chi connectivity index (χ3n) is 2.30. The Morgan fingerprint density at radius 2 is 2.09 bits per heavy atom. The van der Waals surface area contributed by atoms with Gasteiger partial charge in [-0.15, -0.1) is 5.10 Å². The Morgan fingerprint density at radius 1 is 1.36 bits per heavy atom.